The van der Waals surface area contributed by atoms with E-state index in [9.17, 15) is 14.0 Å². The van der Waals surface area contributed by atoms with Gasteiger partial charge in [0.25, 0.3) is 5.56 Å². The molecule has 0 atom stereocenters. The third-order valence-corrected chi connectivity index (χ3v) is 9.32. The van der Waals surface area contributed by atoms with Crippen molar-refractivity contribution in [3.05, 3.63) is 57.1 Å². The summed E-state index contributed by atoms with van der Waals surface area (Å²) < 4.78 is 27.0. The van der Waals surface area contributed by atoms with Crippen molar-refractivity contribution >= 4 is 16.9 Å². The number of halogens is 1. The number of carbonyl (C=O) groups excluding carboxylic acids is 1. The molecule has 1 saturated carbocycles. The van der Waals surface area contributed by atoms with Gasteiger partial charge in [0, 0.05) is 47.0 Å². The molecule has 2 aliphatic rings. The predicted molar refractivity (Wildman–Crippen MR) is 152 cm³/mol. The summed E-state index contributed by atoms with van der Waals surface area (Å²) in [6.45, 7) is 9.00. The van der Waals surface area contributed by atoms with Crippen LogP contribution in [0, 0.1) is 23.6 Å². The summed E-state index contributed by atoms with van der Waals surface area (Å²) in [6.07, 6.45) is 9.39. The van der Waals surface area contributed by atoms with Crippen molar-refractivity contribution in [2.45, 2.75) is 111 Å². The minimum absolute atomic E-state index is 0.0911. The Morgan fingerprint density at radius 1 is 1.25 bits per heavy atom. The van der Waals surface area contributed by atoms with Crippen LogP contribution in [-0.4, -0.2) is 27.3 Å². The molecule has 40 heavy (non-hydrogen) atoms. The number of hydrogen-bond donors (Lipinski definition) is 0. The molecule has 0 amide bonds. The van der Waals surface area contributed by atoms with Crippen LogP contribution in [0.5, 0.6) is 0 Å². The Morgan fingerprint density at radius 2 is 2.02 bits per heavy atom. The second-order valence-corrected chi connectivity index (χ2v) is 12.7. The first kappa shape index (κ1) is 28.5. The largest absolute Gasteiger partial charge is 0.465 e. The fourth-order valence-corrected chi connectivity index (χ4v) is 6.75. The number of aryl methyl sites for hydroxylation is 2. The Bertz CT molecular complexity index is 1430. The molecule has 0 spiro atoms. The first-order valence-electron chi connectivity index (χ1n) is 14.9. The normalized spacial score (nSPS) is 21.4. The Morgan fingerprint density at radius 3 is 2.77 bits per heavy atom. The Hall–Kier alpha value is -3.03. The van der Waals surface area contributed by atoms with Crippen molar-refractivity contribution in [1.82, 2.24) is 14.7 Å². The van der Waals surface area contributed by atoms with Gasteiger partial charge in [-0.15, -0.1) is 0 Å². The van der Waals surface area contributed by atoms with Crippen LogP contribution in [0.3, 0.4) is 0 Å². The number of carbonyl (C=O) groups is 1. The molecule has 0 saturated heterocycles. The lowest BCUT2D eigenvalue weighted by Gasteiger charge is -2.40. The van der Waals surface area contributed by atoms with Gasteiger partial charge in [-0.05, 0) is 90.7 Å². The monoisotopic (exact) mass is 551 g/mol. The highest BCUT2D eigenvalue weighted by molar-refractivity contribution is 5.80. The van der Waals surface area contributed by atoms with Gasteiger partial charge in [0.15, 0.2) is 5.58 Å². The molecule has 8 heteroatoms. The van der Waals surface area contributed by atoms with E-state index in [1.54, 1.807) is 6.07 Å². The summed E-state index contributed by atoms with van der Waals surface area (Å²) in [7, 11) is 0. The zero-order valence-corrected chi connectivity index (χ0v) is 24.4. The van der Waals surface area contributed by atoms with Crippen LogP contribution in [0.4, 0.5) is 4.39 Å². The maximum absolute atomic E-state index is 13.7. The van der Waals surface area contributed by atoms with Gasteiger partial charge in [-0.25, -0.2) is 9.37 Å². The summed E-state index contributed by atoms with van der Waals surface area (Å²) >= 11 is 0. The van der Waals surface area contributed by atoms with Crippen molar-refractivity contribution in [3.63, 3.8) is 0 Å². The van der Waals surface area contributed by atoms with Crippen molar-refractivity contribution in [2.75, 3.05) is 6.61 Å². The lowest BCUT2D eigenvalue weighted by molar-refractivity contribution is -0.159. The summed E-state index contributed by atoms with van der Waals surface area (Å²) in [5, 5.41) is 5.17. The molecule has 7 nitrogen and oxygen atoms in total. The second-order valence-electron chi connectivity index (χ2n) is 12.7. The zero-order valence-electron chi connectivity index (χ0n) is 24.4. The van der Waals surface area contributed by atoms with E-state index in [0.717, 1.165) is 98.9 Å². The van der Waals surface area contributed by atoms with E-state index in [1.807, 2.05) is 25.3 Å². The predicted octanol–water partition coefficient (Wildman–Crippen LogP) is 6.81. The molecule has 0 N–H and O–H groups in total. The molecule has 1 aromatic carbocycles. The SMILES string of the molecule is CCCC(C)(C)C(=O)OCC1(CCc2c(C)nc3n(c2=O)CCCC3)CCC(c2noc3cc(F)ccc23)CC1. The van der Waals surface area contributed by atoms with E-state index < -0.39 is 5.41 Å². The lowest BCUT2D eigenvalue weighted by Crippen LogP contribution is -2.37. The lowest BCUT2D eigenvalue weighted by atomic mass is 9.67. The molecule has 1 aliphatic carbocycles. The number of aromatic nitrogens is 3. The molecule has 1 fully saturated rings. The fourth-order valence-electron chi connectivity index (χ4n) is 6.75. The van der Waals surface area contributed by atoms with Crippen LogP contribution in [0.2, 0.25) is 0 Å². The maximum Gasteiger partial charge on any atom is 0.311 e. The third-order valence-electron chi connectivity index (χ3n) is 9.32. The molecule has 0 unspecified atom stereocenters. The number of benzene rings is 1. The summed E-state index contributed by atoms with van der Waals surface area (Å²) in [5.41, 5.74) is 2.28. The van der Waals surface area contributed by atoms with Crippen LogP contribution < -0.4 is 5.56 Å². The van der Waals surface area contributed by atoms with Crippen molar-refractivity contribution in [1.29, 1.82) is 0 Å². The first-order valence-corrected chi connectivity index (χ1v) is 14.9. The average Bonchev–Trinajstić information content (AvgIpc) is 3.35. The van der Waals surface area contributed by atoms with Gasteiger partial charge in [0.2, 0.25) is 0 Å². The smallest absolute Gasteiger partial charge is 0.311 e. The highest BCUT2D eigenvalue weighted by Gasteiger charge is 2.40. The van der Waals surface area contributed by atoms with E-state index in [4.69, 9.17) is 14.2 Å². The van der Waals surface area contributed by atoms with Crippen molar-refractivity contribution in [2.24, 2.45) is 10.8 Å². The minimum atomic E-state index is -0.528. The molecular formula is C32H42FN3O4. The van der Waals surface area contributed by atoms with Gasteiger partial charge < -0.3 is 9.26 Å². The van der Waals surface area contributed by atoms with E-state index >= 15 is 0 Å². The van der Waals surface area contributed by atoms with E-state index in [0.29, 0.717) is 18.6 Å². The topological polar surface area (TPSA) is 87.2 Å². The van der Waals surface area contributed by atoms with Gasteiger partial charge in [0.1, 0.15) is 11.6 Å². The van der Waals surface area contributed by atoms with Crippen LogP contribution in [-0.2, 0) is 28.9 Å². The highest BCUT2D eigenvalue weighted by Crippen LogP contribution is 2.47. The molecule has 2 aromatic heterocycles. The van der Waals surface area contributed by atoms with Gasteiger partial charge in [-0.2, -0.15) is 0 Å². The van der Waals surface area contributed by atoms with E-state index in [-0.39, 0.29) is 28.7 Å². The average molecular weight is 552 g/mol. The van der Waals surface area contributed by atoms with Gasteiger partial charge in [-0.3, -0.25) is 14.2 Å². The van der Waals surface area contributed by atoms with E-state index in [1.165, 1.54) is 12.1 Å². The molecule has 3 heterocycles. The van der Waals surface area contributed by atoms with E-state index in [2.05, 4.69) is 12.1 Å². The molecular weight excluding hydrogens is 509 g/mol. The number of nitrogens with zero attached hydrogens (tertiary/aromatic N) is 3. The standard InChI is InChI=1S/C32H42FN3O4/c1-5-14-31(3,4)30(38)39-20-32(17-13-24-21(2)34-27-8-6-7-18-36(27)29(24)37)15-11-22(12-16-32)28-25-10-9-23(33)19-26(25)40-35-28/h9-10,19,22H,5-8,11-18,20H2,1-4H3. The number of esters is 1. The first-order chi connectivity index (χ1) is 19.1. The van der Waals surface area contributed by atoms with Crippen LogP contribution in [0.15, 0.2) is 27.5 Å². The quantitative estimate of drug-likeness (QED) is 0.271. The molecule has 0 radical (unpaired) electrons. The van der Waals surface area contributed by atoms with Crippen molar-refractivity contribution < 1.29 is 18.4 Å². The number of hydrogen-bond acceptors (Lipinski definition) is 6. The highest BCUT2D eigenvalue weighted by atomic mass is 19.1. The molecule has 3 aromatic rings. The zero-order chi connectivity index (χ0) is 28.5. The van der Waals surface area contributed by atoms with Gasteiger partial charge in [0.05, 0.1) is 17.7 Å². The van der Waals surface area contributed by atoms with Gasteiger partial charge >= 0.3 is 5.97 Å². The molecule has 216 valence electrons. The Balaban J connectivity index is 1.36. The molecule has 5 rings (SSSR count). The van der Waals surface area contributed by atoms with Gasteiger partial charge in [-0.1, -0.05) is 18.5 Å². The van der Waals surface area contributed by atoms with Crippen LogP contribution >= 0.6 is 0 Å². The minimum Gasteiger partial charge on any atom is -0.465 e. The Labute approximate surface area is 235 Å². The summed E-state index contributed by atoms with van der Waals surface area (Å²) in [4.78, 5) is 31.3. The number of fused-ring (bicyclic) bond motifs is 2. The molecule has 0 bridgehead atoms. The molecule has 1 aliphatic heterocycles. The summed E-state index contributed by atoms with van der Waals surface area (Å²) in [5.74, 6) is 0.588. The van der Waals surface area contributed by atoms with Crippen LogP contribution in [0.25, 0.3) is 11.0 Å². The fraction of sp³-hybridized carbons (Fsp3) is 0.625. The number of rotatable bonds is 9. The number of ether oxygens (including phenoxy) is 1. The van der Waals surface area contributed by atoms with Crippen molar-refractivity contribution in [3.8, 4) is 0 Å². The second kappa shape index (κ2) is 11.5. The van der Waals surface area contributed by atoms with Crippen LogP contribution in [0.1, 0.15) is 107 Å². The summed E-state index contributed by atoms with van der Waals surface area (Å²) in [6, 6.07) is 4.57. The Kier molecular flexibility index (Phi) is 8.16. The maximum atomic E-state index is 13.7. The third kappa shape index (κ3) is 5.72.